The molecule has 1 aromatic carbocycles. The van der Waals surface area contributed by atoms with Crippen LogP contribution >= 0.6 is 12.2 Å². The van der Waals surface area contributed by atoms with Crippen LogP contribution in [0.3, 0.4) is 0 Å². The third kappa shape index (κ3) is 5.60. The normalized spacial score (nSPS) is 20.0. The number of carbonyl (C=O) groups excluding carboxylic acids is 1. The highest BCUT2D eigenvalue weighted by atomic mass is 32.1. The molecule has 2 saturated heterocycles. The number of anilines is 2. The average molecular weight is 533 g/mol. The molecule has 0 radical (unpaired) electrons. The quantitative estimate of drug-likeness (QED) is 0.418. The predicted molar refractivity (Wildman–Crippen MR) is 154 cm³/mol. The van der Waals surface area contributed by atoms with Crippen LogP contribution in [0.5, 0.6) is 0 Å². The molecule has 2 N–H and O–H groups in total. The molecular formula is C29H36N6O2S. The largest absolute Gasteiger partial charge is 0.379 e. The molecule has 3 aromatic rings. The Labute approximate surface area is 230 Å². The van der Waals surface area contributed by atoms with Crippen molar-refractivity contribution in [2.45, 2.75) is 45.8 Å². The zero-order chi connectivity index (χ0) is 26.6. The minimum atomic E-state index is -0.0963. The number of benzene rings is 1. The van der Waals surface area contributed by atoms with Crippen LogP contribution in [0.1, 0.15) is 48.1 Å². The van der Waals surface area contributed by atoms with Gasteiger partial charge in [0.15, 0.2) is 5.11 Å². The van der Waals surface area contributed by atoms with E-state index in [0.29, 0.717) is 5.11 Å². The van der Waals surface area contributed by atoms with Crippen molar-refractivity contribution in [2.24, 2.45) is 0 Å². The fourth-order valence-corrected chi connectivity index (χ4v) is 5.95. The Hall–Kier alpha value is -3.27. The third-order valence-electron chi connectivity index (χ3n) is 7.46. The number of carbonyl (C=O) groups is 1. The number of nitrogens with zero attached hydrogens (tertiary/aromatic N) is 4. The molecule has 4 heterocycles. The first kappa shape index (κ1) is 26.3. The molecule has 2 aliphatic heterocycles. The van der Waals surface area contributed by atoms with E-state index in [-0.39, 0.29) is 18.0 Å². The molecule has 0 bridgehead atoms. The molecule has 8 nitrogen and oxygen atoms in total. The van der Waals surface area contributed by atoms with Gasteiger partial charge in [-0.25, -0.2) is 0 Å². The van der Waals surface area contributed by atoms with Gasteiger partial charge in [-0.15, -0.1) is 0 Å². The Morgan fingerprint density at radius 2 is 1.89 bits per heavy atom. The van der Waals surface area contributed by atoms with Crippen LogP contribution in [0.4, 0.5) is 11.4 Å². The molecule has 2 atom stereocenters. The Morgan fingerprint density at radius 3 is 2.58 bits per heavy atom. The molecular weight excluding hydrogens is 496 g/mol. The summed E-state index contributed by atoms with van der Waals surface area (Å²) in [5.74, 6) is -0.0923. The average Bonchev–Trinajstić information content (AvgIpc) is 3.40. The molecule has 0 spiro atoms. The number of hydrogen-bond donors (Lipinski definition) is 2. The number of aryl methyl sites for hydroxylation is 1. The molecule has 200 valence electrons. The Bertz CT molecular complexity index is 1270. The number of pyridine rings is 1. The van der Waals surface area contributed by atoms with E-state index >= 15 is 0 Å². The zero-order valence-electron chi connectivity index (χ0n) is 22.3. The summed E-state index contributed by atoms with van der Waals surface area (Å²) < 4.78 is 7.93. The Kier molecular flexibility index (Phi) is 8.06. The standard InChI is InChI=1S/C29H36N6O2S/c1-20-19-25(21(2)34(20)14-6-13-33-15-17-37-18-16-33)28-27(26-7-4-5-12-30-26)32-29(38)35(28)24-10-8-23(9-11-24)31-22(3)36/h4-5,7-12,19,27-28H,6,13-18H2,1-3H3,(H,31,36)(H,32,38)/t27-,28-/m0/s1. The number of rotatable bonds is 8. The van der Waals surface area contributed by atoms with Gasteiger partial charge in [-0.3, -0.25) is 14.7 Å². The third-order valence-corrected chi connectivity index (χ3v) is 7.77. The number of nitrogens with one attached hydrogen (secondary N) is 2. The van der Waals surface area contributed by atoms with E-state index in [2.05, 4.69) is 56.0 Å². The summed E-state index contributed by atoms with van der Waals surface area (Å²) in [6.07, 6.45) is 2.92. The van der Waals surface area contributed by atoms with Gasteiger partial charge in [0.1, 0.15) is 0 Å². The van der Waals surface area contributed by atoms with E-state index in [1.165, 1.54) is 23.9 Å². The van der Waals surface area contributed by atoms with Gasteiger partial charge in [0, 0.05) is 62.1 Å². The Balaban J connectivity index is 1.45. The van der Waals surface area contributed by atoms with Crippen LogP contribution in [0.25, 0.3) is 0 Å². The second-order valence-electron chi connectivity index (χ2n) is 10.0. The van der Waals surface area contributed by atoms with E-state index in [4.69, 9.17) is 17.0 Å². The number of ether oxygens (including phenoxy) is 1. The molecule has 5 rings (SSSR count). The lowest BCUT2D eigenvalue weighted by Gasteiger charge is -2.28. The van der Waals surface area contributed by atoms with Crippen LogP contribution in [0.15, 0.2) is 54.7 Å². The van der Waals surface area contributed by atoms with Crippen molar-refractivity contribution in [2.75, 3.05) is 43.1 Å². The molecule has 38 heavy (non-hydrogen) atoms. The molecule has 1 amide bonds. The maximum absolute atomic E-state index is 11.5. The summed E-state index contributed by atoms with van der Waals surface area (Å²) in [4.78, 5) is 20.9. The number of morpholine rings is 1. The van der Waals surface area contributed by atoms with Crippen molar-refractivity contribution in [3.05, 3.63) is 77.4 Å². The zero-order valence-corrected chi connectivity index (χ0v) is 23.1. The van der Waals surface area contributed by atoms with Gasteiger partial charge in [-0.2, -0.15) is 0 Å². The minimum absolute atomic E-state index is 0.0665. The second-order valence-corrected chi connectivity index (χ2v) is 10.4. The van der Waals surface area contributed by atoms with E-state index in [9.17, 15) is 4.79 Å². The van der Waals surface area contributed by atoms with Gasteiger partial charge < -0.3 is 24.8 Å². The molecule has 2 fully saturated rings. The summed E-state index contributed by atoms with van der Waals surface area (Å²) >= 11 is 5.90. The number of amides is 1. The first-order chi connectivity index (χ1) is 18.4. The Morgan fingerprint density at radius 1 is 1.13 bits per heavy atom. The van der Waals surface area contributed by atoms with Crippen molar-refractivity contribution in [3.63, 3.8) is 0 Å². The predicted octanol–water partition coefficient (Wildman–Crippen LogP) is 4.36. The molecule has 0 saturated carbocycles. The summed E-state index contributed by atoms with van der Waals surface area (Å²) in [6, 6.07) is 16.0. The smallest absolute Gasteiger partial charge is 0.221 e. The highest BCUT2D eigenvalue weighted by Gasteiger charge is 2.42. The van der Waals surface area contributed by atoms with Crippen molar-refractivity contribution >= 4 is 34.6 Å². The summed E-state index contributed by atoms with van der Waals surface area (Å²) in [6.45, 7) is 11.7. The second kappa shape index (κ2) is 11.6. The highest BCUT2D eigenvalue weighted by molar-refractivity contribution is 7.80. The van der Waals surface area contributed by atoms with Gasteiger partial charge in [-0.05, 0) is 80.5 Å². The molecule has 0 unspecified atom stereocenters. The van der Waals surface area contributed by atoms with Crippen molar-refractivity contribution < 1.29 is 9.53 Å². The van der Waals surface area contributed by atoms with Crippen LogP contribution in [-0.4, -0.2) is 58.3 Å². The van der Waals surface area contributed by atoms with E-state index < -0.39 is 0 Å². The number of hydrogen-bond acceptors (Lipinski definition) is 5. The van der Waals surface area contributed by atoms with Crippen LogP contribution in [0, 0.1) is 13.8 Å². The van der Waals surface area contributed by atoms with E-state index in [1.54, 1.807) is 0 Å². The minimum Gasteiger partial charge on any atom is -0.379 e. The van der Waals surface area contributed by atoms with Crippen molar-refractivity contribution in [1.29, 1.82) is 0 Å². The number of aromatic nitrogens is 2. The first-order valence-electron chi connectivity index (χ1n) is 13.3. The van der Waals surface area contributed by atoms with Crippen molar-refractivity contribution in [3.8, 4) is 0 Å². The van der Waals surface area contributed by atoms with Crippen molar-refractivity contribution in [1.82, 2.24) is 19.8 Å². The van der Waals surface area contributed by atoms with Gasteiger partial charge in [0.05, 0.1) is 31.0 Å². The lowest BCUT2D eigenvalue weighted by Crippen LogP contribution is -2.37. The van der Waals surface area contributed by atoms with E-state index in [0.717, 1.165) is 62.9 Å². The van der Waals surface area contributed by atoms with Crippen LogP contribution in [0.2, 0.25) is 0 Å². The molecule has 2 aliphatic rings. The fraction of sp³-hybridized carbons (Fsp3) is 0.414. The van der Waals surface area contributed by atoms with Gasteiger partial charge in [-0.1, -0.05) is 6.07 Å². The van der Waals surface area contributed by atoms with Crippen LogP contribution in [-0.2, 0) is 16.1 Å². The van der Waals surface area contributed by atoms with Crippen LogP contribution < -0.4 is 15.5 Å². The highest BCUT2D eigenvalue weighted by Crippen LogP contribution is 2.43. The SMILES string of the molecule is CC(=O)Nc1ccc(N2C(=S)N[C@@H](c3ccccn3)[C@@H]2c2cc(C)n(CCCN3CCOCC3)c2C)cc1. The molecule has 0 aliphatic carbocycles. The maximum atomic E-state index is 11.5. The maximum Gasteiger partial charge on any atom is 0.221 e. The van der Waals surface area contributed by atoms with Gasteiger partial charge >= 0.3 is 0 Å². The lowest BCUT2D eigenvalue weighted by molar-refractivity contribution is -0.114. The van der Waals surface area contributed by atoms with E-state index in [1.807, 2.05) is 42.6 Å². The lowest BCUT2D eigenvalue weighted by atomic mass is 9.96. The summed E-state index contributed by atoms with van der Waals surface area (Å²) in [5.41, 5.74) is 6.42. The number of thiocarbonyl (C=S) groups is 1. The molecule has 2 aromatic heterocycles. The topological polar surface area (TPSA) is 74.7 Å². The first-order valence-corrected chi connectivity index (χ1v) is 13.7. The summed E-state index contributed by atoms with van der Waals surface area (Å²) in [5, 5.41) is 7.06. The summed E-state index contributed by atoms with van der Waals surface area (Å²) in [7, 11) is 0. The van der Waals surface area contributed by atoms with Gasteiger partial charge in [0.2, 0.25) is 5.91 Å². The van der Waals surface area contributed by atoms with Gasteiger partial charge in [0.25, 0.3) is 0 Å². The fourth-order valence-electron chi connectivity index (χ4n) is 5.61. The monoisotopic (exact) mass is 532 g/mol. The molecule has 9 heteroatoms.